The first-order valence-corrected chi connectivity index (χ1v) is 8.83. The molecular formula is C19H30N2O. The molecule has 1 saturated carbocycles. The first kappa shape index (κ1) is 16.0. The van der Waals surface area contributed by atoms with E-state index in [9.17, 15) is 0 Å². The fourth-order valence-electron chi connectivity index (χ4n) is 3.06. The Balaban J connectivity index is 1.41. The second kappa shape index (κ2) is 7.58. The summed E-state index contributed by atoms with van der Waals surface area (Å²) >= 11 is 0. The molecular weight excluding hydrogens is 272 g/mol. The molecule has 1 aromatic carbocycles. The zero-order valence-corrected chi connectivity index (χ0v) is 14.1. The first-order chi connectivity index (χ1) is 10.7. The van der Waals surface area contributed by atoms with Gasteiger partial charge in [0.25, 0.3) is 0 Å². The molecule has 0 atom stereocenters. The van der Waals surface area contributed by atoms with Gasteiger partial charge in [-0.25, -0.2) is 0 Å². The molecule has 1 saturated heterocycles. The van der Waals surface area contributed by atoms with Crippen molar-refractivity contribution in [2.75, 3.05) is 32.7 Å². The van der Waals surface area contributed by atoms with Gasteiger partial charge >= 0.3 is 0 Å². The summed E-state index contributed by atoms with van der Waals surface area (Å²) in [6.07, 6.45) is 3.23. The van der Waals surface area contributed by atoms with Crippen molar-refractivity contribution < 1.29 is 4.74 Å². The third kappa shape index (κ3) is 5.08. The minimum absolute atomic E-state index is 0.298. The zero-order chi connectivity index (χ0) is 15.4. The molecule has 2 fully saturated rings. The Hall–Kier alpha value is -0.900. The number of rotatable bonds is 7. The van der Waals surface area contributed by atoms with Crippen molar-refractivity contribution in [1.29, 1.82) is 0 Å². The summed E-state index contributed by atoms with van der Waals surface area (Å²) in [6.45, 7) is 12.2. The maximum absolute atomic E-state index is 5.65. The second-order valence-corrected chi connectivity index (χ2v) is 7.20. The minimum atomic E-state index is 0.298. The quantitative estimate of drug-likeness (QED) is 0.769. The third-order valence-corrected chi connectivity index (χ3v) is 4.69. The maximum atomic E-state index is 5.65. The lowest BCUT2D eigenvalue weighted by atomic mass is 10.1. The molecule has 2 aliphatic rings. The van der Waals surface area contributed by atoms with Crippen LogP contribution in [0.1, 0.15) is 37.8 Å². The van der Waals surface area contributed by atoms with Crippen LogP contribution in [0.5, 0.6) is 0 Å². The first-order valence-electron chi connectivity index (χ1n) is 8.83. The highest BCUT2D eigenvalue weighted by Crippen LogP contribution is 2.30. The molecule has 3 rings (SSSR count). The molecule has 0 bridgehead atoms. The molecule has 0 aromatic heterocycles. The highest BCUT2D eigenvalue weighted by atomic mass is 16.5. The maximum Gasteiger partial charge on any atom is 0.0720 e. The zero-order valence-electron chi connectivity index (χ0n) is 14.1. The number of hydrogen-bond donors (Lipinski definition) is 0. The predicted molar refractivity (Wildman–Crippen MR) is 90.8 cm³/mol. The topological polar surface area (TPSA) is 15.7 Å². The van der Waals surface area contributed by atoms with E-state index in [-0.39, 0.29) is 0 Å². The number of piperazine rings is 1. The van der Waals surface area contributed by atoms with Gasteiger partial charge in [0, 0.05) is 39.3 Å². The van der Waals surface area contributed by atoms with Gasteiger partial charge in [-0.3, -0.25) is 4.90 Å². The molecule has 3 heteroatoms. The monoisotopic (exact) mass is 302 g/mol. The van der Waals surface area contributed by atoms with Crippen LogP contribution in [0.15, 0.2) is 24.3 Å². The summed E-state index contributed by atoms with van der Waals surface area (Å²) in [5, 5.41) is 0. The van der Waals surface area contributed by atoms with Crippen molar-refractivity contribution in [3.05, 3.63) is 35.4 Å². The van der Waals surface area contributed by atoms with Gasteiger partial charge in [0.05, 0.1) is 12.7 Å². The largest absolute Gasteiger partial charge is 0.374 e. The molecule has 0 unspecified atom stereocenters. The van der Waals surface area contributed by atoms with Crippen molar-refractivity contribution in [3.8, 4) is 0 Å². The van der Waals surface area contributed by atoms with Crippen LogP contribution in [0.2, 0.25) is 0 Å². The molecule has 3 nitrogen and oxygen atoms in total. The van der Waals surface area contributed by atoms with Crippen molar-refractivity contribution in [2.24, 2.45) is 5.92 Å². The van der Waals surface area contributed by atoms with Crippen LogP contribution in [0.25, 0.3) is 0 Å². The highest BCUT2D eigenvalue weighted by molar-refractivity contribution is 5.22. The van der Waals surface area contributed by atoms with Crippen molar-refractivity contribution in [1.82, 2.24) is 9.80 Å². The minimum Gasteiger partial charge on any atom is -0.374 e. The molecule has 22 heavy (non-hydrogen) atoms. The Bertz CT molecular complexity index is 445. The van der Waals surface area contributed by atoms with Gasteiger partial charge in [-0.1, -0.05) is 24.3 Å². The molecule has 0 amide bonds. The molecule has 1 aliphatic heterocycles. The van der Waals surface area contributed by atoms with Gasteiger partial charge in [-0.2, -0.15) is 0 Å². The Morgan fingerprint density at radius 1 is 0.955 bits per heavy atom. The van der Waals surface area contributed by atoms with Crippen LogP contribution in [-0.4, -0.2) is 48.6 Å². The van der Waals surface area contributed by atoms with Gasteiger partial charge in [0.2, 0.25) is 0 Å². The third-order valence-electron chi connectivity index (χ3n) is 4.69. The van der Waals surface area contributed by atoms with Gasteiger partial charge in [0.1, 0.15) is 0 Å². The molecule has 1 aliphatic carbocycles. The van der Waals surface area contributed by atoms with Gasteiger partial charge in [0.15, 0.2) is 0 Å². The molecule has 0 N–H and O–H groups in total. The summed E-state index contributed by atoms with van der Waals surface area (Å²) < 4.78 is 5.65. The van der Waals surface area contributed by atoms with Crippen LogP contribution < -0.4 is 0 Å². The fourth-order valence-corrected chi connectivity index (χ4v) is 3.06. The van der Waals surface area contributed by atoms with Crippen LogP contribution in [-0.2, 0) is 17.9 Å². The van der Waals surface area contributed by atoms with E-state index in [4.69, 9.17) is 4.74 Å². The lowest BCUT2D eigenvalue weighted by Crippen LogP contribution is -2.46. The van der Waals surface area contributed by atoms with Crippen molar-refractivity contribution in [2.45, 2.75) is 45.9 Å². The van der Waals surface area contributed by atoms with Gasteiger partial charge < -0.3 is 9.64 Å². The van der Waals surface area contributed by atoms with E-state index in [1.165, 1.54) is 56.7 Å². The SMILES string of the molecule is CC(C)OCc1ccc(CN2CCN(CC3CC3)CC2)cc1. The van der Waals surface area contributed by atoms with E-state index in [2.05, 4.69) is 47.9 Å². The highest BCUT2D eigenvalue weighted by Gasteiger charge is 2.26. The van der Waals surface area contributed by atoms with Crippen LogP contribution in [0, 0.1) is 5.92 Å². The number of ether oxygens (including phenoxy) is 1. The Morgan fingerprint density at radius 3 is 2.14 bits per heavy atom. The number of nitrogens with zero attached hydrogens (tertiary/aromatic N) is 2. The van der Waals surface area contributed by atoms with E-state index < -0.39 is 0 Å². The van der Waals surface area contributed by atoms with Crippen LogP contribution >= 0.6 is 0 Å². The van der Waals surface area contributed by atoms with Crippen molar-refractivity contribution >= 4 is 0 Å². The standard InChI is InChI=1S/C19H30N2O/c1-16(2)22-15-19-7-5-18(6-8-19)14-21-11-9-20(10-12-21)13-17-3-4-17/h5-8,16-17H,3-4,9-15H2,1-2H3. The summed E-state index contributed by atoms with van der Waals surface area (Å²) in [4.78, 5) is 5.24. The van der Waals surface area contributed by atoms with Gasteiger partial charge in [-0.05, 0) is 43.7 Å². The summed E-state index contributed by atoms with van der Waals surface area (Å²) in [5.41, 5.74) is 2.69. The number of hydrogen-bond acceptors (Lipinski definition) is 3. The van der Waals surface area contributed by atoms with Gasteiger partial charge in [-0.15, -0.1) is 0 Å². The Morgan fingerprint density at radius 2 is 1.55 bits per heavy atom. The molecule has 122 valence electrons. The number of benzene rings is 1. The lowest BCUT2D eigenvalue weighted by Gasteiger charge is -2.34. The van der Waals surface area contributed by atoms with E-state index >= 15 is 0 Å². The van der Waals surface area contributed by atoms with E-state index in [0.29, 0.717) is 6.10 Å². The lowest BCUT2D eigenvalue weighted by molar-refractivity contribution is 0.0657. The molecule has 0 radical (unpaired) electrons. The van der Waals surface area contributed by atoms with Crippen LogP contribution in [0.3, 0.4) is 0 Å². The Kier molecular flexibility index (Phi) is 5.51. The Labute approximate surface area is 135 Å². The second-order valence-electron chi connectivity index (χ2n) is 7.20. The smallest absolute Gasteiger partial charge is 0.0720 e. The summed E-state index contributed by atoms with van der Waals surface area (Å²) in [5.74, 6) is 1.02. The normalized spacial score (nSPS) is 20.7. The average molecular weight is 302 g/mol. The molecule has 1 aromatic rings. The predicted octanol–water partition coefficient (Wildman–Crippen LogP) is 3.14. The van der Waals surface area contributed by atoms with Crippen molar-refractivity contribution in [3.63, 3.8) is 0 Å². The molecule has 1 heterocycles. The van der Waals surface area contributed by atoms with E-state index in [1.807, 2.05) is 0 Å². The van der Waals surface area contributed by atoms with E-state index in [1.54, 1.807) is 0 Å². The molecule has 0 spiro atoms. The fraction of sp³-hybridized carbons (Fsp3) is 0.684. The summed E-state index contributed by atoms with van der Waals surface area (Å²) in [6, 6.07) is 8.94. The van der Waals surface area contributed by atoms with Crippen LogP contribution in [0.4, 0.5) is 0 Å². The average Bonchev–Trinajstić information content (AvgIpc) is 3.32. The van der Waals surface area contributed by atoms with E-state index in [0.717, 1.165) is 19.1 Å². The summed E-state index contributed by atoms with van der Waals surface area (Å²) in [7, 11) is 0.